The number of thiazole rings is 1. The number of hydrogen-bond acceptors (Lipinski definition) is 6. The monoisotopic (exact) mass is 359 g/mol. The van der Waals surface area contributed by atoms with Crippen molar-refractivity contribution in [3.8, 4) is 28.2 Å². The van der Waals surface area contributed by atoms with E-state index >= 15 is 0 Å². The number of ether oxygens (including phenoxy) is 2. The summed E-state index contributed by atoms with van der Waals surface area (Å²) in [5.41, 5.74) is 1.83. The third kappa shape index (κ3) is 3.93. The first-order valence-electron chi connectivity index (χ1n) is 7.66. The molecule has 3 rings (SSSR count). The van der Waals surface area contributed by atoms with Crippen LogP contribution in [0.1, 0.15) is 26.3 Å². The van der Waals surface area contributed by atoms with Crippen molar-refractivity contribution in [2.75, 3.05) is 7.11 Å². The fourth-order valence-corrected chi connectivity index (χ4v) is 2.96. The number of aromatic nitrogens is 3. The van der Waals surface area contributed by atoms with Gasteiger partial charge in [-0.05, 0) is 17.0 Å². The van der Waals surface area contributed by atoms with Gasteiger partial charge in [-0.25, -0.2) is 19.3 Å². The Hall–Kier alpha value is -2.54. The van der Waals surface area contributed by atoms with Crippen molar-refractivity contribution in [2.45, 2.75) is 26.2 Å². The average Bonchev–Trinajstić information content (AvgIpc) is 3.02. The SMILES string of the molecule is COc1ncc(-c2csc(Oc3ccc(C(C)(C)C)c(F)c3)n2)cn1. The third-order valence-electron chi connectivity index (χ3n) is 3.54. The molecule has 0 atom stereocenters. The Morgan fingerprint density at radius 1 is 1.12 bits per heavy atom. The van der Waals surface area contributed by atoms with E-state index in [2.05, 4.69) is 15.0 Å². The van der Waals surface area contributed by atoms with Gasteiger partial charge in [0.2, 0.25) is 0 Å². The molecule has 0 aliphatic heterocycles. The minimum absolute atomic E-state index is 0.259. The van der Waals surface area contributed by atoms with Crippen molar-refractivity contribution in [3.63, 3.8) is 0 Å². The number of nitrogens with zero attached hydrogens (tertiary/aromatic N) is 3. The van der Waals surface area contributed by atoms with Gasteiger partial charge in [0.25, 0.3) is 5.19 Å². The Bertz CT molecular complexity index is 873. The van der Waals surface area contributed by atoms with E-state index in [0.717, 1.165) is 5.56 Å². The first kappa shape index (κ1) is 17.3. The molecule has 0 unspecified atom stereocenters. The largest absolute Gasteiger partial charge is 0.467 e. The molecule has 0 saturated carbocycles. The molecule has 3 aromatic rings. The fourth-order valence-electron chi connectivity index (χ4n) is 2.26. The van der Waals surface area contributed by atoms with Crippen LogP contribution in [0.4, 0.5) is 4.39 Å². The molecule has 0 radical (unpaired) electrons. The van der Waals surface area contributed by atoms with Gasteiger partial charge >= 0.3 is 6.01 Å². The van der Waals surface area contributed by atoms with E-state index in [4.69, 9.17) is 9.47 Å². The summed E-state index contributed by atoms with van der Waals surface area (Å²) in [6, 6.07) is 5.18. The molecule has 0 bridgehead atoms. The van der Waals surface area contributed by atoms with Gasteiger partial charge in [-0.1, -0.05) is 38.2 Å². The topological polar surface area (TPSA) is 57.1 Å². The molecule has 0 amide bonds. The van der Waals surface area contributed by atoms with E-state index in [1.165, 1.54) is 24.5 Å². The van der Waals surface area contributed by atoms with E-state index in [0.29, 0.717) is 28.2 Å². The van der Waals surface area contributed by atoms with E-state index in [1.54, 1.807) is 24.5 Å². The summed E-state index contributed by atoms with van der Waals surface area (Å²) in [5, 5.41) is 2.26. The first-order chi connectivity index (χ1) is 11.9. The zero-order chi connectivity index (χ0) is 18.0. The van der Waals surface area contributed by atoms with Crippen LogP contribution in [-0.2, 0) is 5.41 Å². The minimum Gasteiger partial charge on any atom is -0.467 e. The zero-order valence-electron chi connectivity index (χ0n) is 14.4. The summed E-state index contributed by atoms with van der Waals surface area (Å²) in [6.45, 7) is 5.90. The van der Waals surface area contributed by atoms with Crippen LogP contribution in [0.3, 0.4) is 0 Å². The molecular formula is C18H18FN3O2S. The van der Waals surface area contributed by atoms with Gasteiger partial charge in [-0.2, -0.15) is 0 Å². The van der Waals surface area contributed by atoms with Crippen LogP contribution < -0.4 is 9.47 Å². The molecule has 25 heavy (non-hydrogen) atoms. The van der Waals surface area contributed by atoms with E-state index in [1.807, 2.05) is 26.2 Å². The Kier molecular flexibility index (Phi) is 4.67. The van der Waals surface area contributed by atoms with Crippen molar-refractivity contribution in [3.05, 3.63) is 47.4 Å². The highest BCUT2D eigenvalue weighted by Crippen LogP contribution is 2.32. The van der Waals surface area contributed by atoms with E-state index in [9.17, 15) is 4.39 Å². The molecule has 7 heteroatoms. The van der Waals surface area contributed by atoms with Crippen molar-refractivity contribution in [2.24, 2.45) is 0 Å². The van der Waals surface area contributed by atoms with Crippen molar-refractivity contribution in [1.29, 1.82) is 0 Å². The maximum absolute atomic E-state index is 14.3. The molecule has 0 spiro atoms. The maximum atomic E-state index is 14.3. The number of rotatable bonds is 4. The Morgan fingerprint density at radius 2 is 1.84 bits per heavy atom. The van der Waals surface area contributed by atoms with Gasteiger partial charge in [0, 0.05) is 29.4 Å². The molecule has 0 fully saturated rings. The summed E-state index contributed by atoms with van der Waals surface area (Å²) in [5.74, 6) is 0.128. The normalized spacial score (nSPS) is 11.4. The molecule has 0 aliphatic carbocycles. The second kappa shape index (κ2) is 6.76. The summed E-state index contributed by atoms with van der Waals surface area (Å²) in [6.07, 6.45) is 3.25. The van der Waals surface area contributed by atoms with Crippen LogP contribution in [-0.4, -0.2) is 22.1 Å². The quantitative estimate of drug-likeness (QED) is 0.667. The van der Waals surface area contributed by atoms with Crippen LogP contribution in [0.2, 0.25) is 0 Å². The highest BCUT2D eigenvalue weighted by Gasteiger charge is 2.19. The van der Waals surface area contributed by atoms with Crippen molar-refractivity contribution < 1.29 is 13.9 Å². The molecule has 1 aromatic carbocycles. The maximum Gasteiger partial charge on any atom is 0.316 e. The first-order valence-corrected chi connectivity index (χ1v) is 8.54. The molecular weight excluding hydrogens is 341 g/mol. The third-order valence-corrected chi connectivity index (χ3v) is 4.26. The lowest BCUT2D eigenvalue weighted by Gasteiger charge is -2.19. The summed E-state index contributed by atoms with van der Waals surface area (Å²) < 4.78 is 24.9. The summed E-state index contributed by atoms with van der Waals surface area (Å²) in [4.78, 5) is 12.5. The number of methoxy groups -OCH3 is 1. The van der Waals surface area contributed by atoms with E-state index in [-0.39, 0.29) is 11.2 Å². The van der Waals surface area contributed by atoms with Crippen molar-refractivity contribution in [1.82, 2.24) is 15.0 Å². The van der Waals surface area contributed by atoms with Gasteiger partial charge in [-0.15, -0.1) is 0 Å². The summed E-state index contributed by atoms with van der Waals surface area (Å²) >= 11 is 1.32. The predicted molar refractivity (Wildman–Crippen MR) is 94.9 cm³/mol. The Morgan fingerprint density at radius 3 is 2.44 bits per heavy atom. The van der Waals surface area contributed by atoms with Gasteiger partial charge in [0.15, 0.2) is 0 Å². The standard InChI is InChI=1S/C18H18FN3O2S/c1-18(2,3)13-6-5-12(7-14(13)19)24-17-22-15(10-25-17)11-8-20-16(23-4)21-9-11/h5-10H,1-4H3. The lowest BCUT2D eigenvalue weighted by molar-refractivity contribution is 0.380. The molecule has 0 aliphatic rings. The second-order valence-electron chi connectivity index (χ2n) is 6.45. The van der Waals surface area contributed by atoms with Crippen molar-refractivity contribution >= 4 is 11.3 Å². The molecule has 0 N–H and O–H groups in total. The molecule has 2 heterocycles. The highest BCUT2D eigenvalue weighted by molar-refractivity contribution is 7.11. The summed E-state index contributed by atoms with van der Waals surface area (Å²) in [7, 11) is 1.51. The lowest BCUT2D eigenvalue weighted by atomic mass is 9.87. The molecule has 0 saturated heterocycles. The van der Waals surface area contributed by atoms with E-state index < -0.39 is 0 Å². The second-order valence-corrected chi connectivity index (χ2v) is 7.27. The zero-order valence-corrected chi connectivity index (χ0v) is 15.2. The fraction of sp³-hybridized carbons (Fsp3) is 0.278. The molecule has 130 valence electrons. The molecule has 2 aromatic heterocycles. The number of hydrogen-bond donors (Lipinski definition) is 0. The van der Waals surface area contributed by atoms with Gasteiger partial charge in [-0.3, -0.25) is 0 Å². The van der Waals surface area contributed by atoms with Crippen LogP contribution in [0.25, 0.3) is 11.3 Å². The van der Waals surface area contributed by atoms with Gasteiger partial charge < -0.3 is 9.47 Å². The van der Waals surface area contributed by atoms with Crippen LogP contribution in [0.5, 0.6) is 17.0 Å². The molecule has 5 nitrogen and oxygen atoms in total. The minimum atomic E-state index is -0.287. The van der Waals surface area contributed by atoms with Gasteiger partial charge in [0.1, 0.15) is 11.6 Å². The predicted octanol–water partition coefficient (Wildman–Crippen LogP) is 4.84. The highest BCUT2D eigenvalue weighted by atomic mass is 32.1. The number of benzene rings is 1. The van der Waals surface area contributed by atoms with Crippen LogP contribution >= 0.6 is 11.3 Å². The van der Waals surface area contributed by atoms with Gasteiger partial charge in [0.05, 0.1) is 12.8 Å². The van der Waals surface area contributed by atoms with Crippen LogP contribution in [0, 0.1) is 5.82 Å². The van der Waals surface area contributed by atoms with Crippen LogP contribution in [0.15, 0.2) is 36.0 Å². The smallest absolute Gasteiger partial charge is 0.316 e. The Balaban J connectivity index is 1.78. The number of halogens is 1. The average molecular weight is 359 g/mol. The Labute approximate surface area is 149 Å². The lowest BCUT2D eigenvalue weighted by Crippen LogP contribution is -2.13.